The van der Waals surface area contributed by atoms with E-state index in [0.29, 0.717) is 5.92 Å². The molecule has 3 nitrogen and oxygen atoms in total. The number of aromatic nitrogens is 3. The van der Waals surface area contributed by atoms with E-state index in [1.165, 1.54) is 37.9 Å². The van der Waals surface area contributed by atoms with Gasteiger partial charge in [-0.25, -0.2) is 0 Å². The van der Waals surface area contributed by atoms with Crippen LogP contribution in [0, 0.1) is 23.7 Å². The predicted molar refractivity (Wildman–Crippen MR) is 78.1 cm³/mol. The van der Waals surface area contributed by atoms with Crippen molar-refractivity contribution < 1.29 is 0 Å². The molecule has 4 aliphatic rings. The summed E-state index contributed by atoms with van der Waals surface area (Å²) in [7, 11) is 0. The molecule has 5 rings (SSSR count). The average Bonchev–Trinajstić information content (AvgIpc) is 2.80. The lowest BCUT2D eigenvalue weighted by atomic mass is 9.51. The summed E-state index contributed by atoms with van der Waals surface area (Å²) in [5.41, 5.74) is 0. The van der Waals surface area contributed by atoms with E-state index in [4.69, 9.17) is 0 Å². The standard InChI is InChI=1S/C15H22BrN3/c1-2-19-13(8-16)17-18-15(19)14-11-4-9-3-10(6-11)7-12(14)5-9/h9-12,14H,2-8H2,1H3. The summed E-state index contributed by atoms with van der Waals surface area (Å²) in [6.07, 6.45) is 7.35. The van der Waals surface area contributed by atoms with Crippen LogP contribution in [0.5, 0.6) is 0 Å². The van der Waals surface area contributed by atoms with Gasteiger partial charge in [-0.1, -0.05) is 15.9 Å². The molecule has 1 aromatic heterocycles. The number of hydrogen-bond donors (Lipinski definition) is 0. The molecule has 4 bridgehead atoms. The van der Waals surface area contributed by atoms with Crippen molar-refractivity contribution in [3.8, 4) is 0 Å². The Morgan fingerprint density at radius 1 is 1.05 bits per heavy atom. The number of alkyl halides is 1. The summed E-state index contributed by atoms with van der Waals surface area (Å²) in [6.45, 7) is 3.22. The van der Waals surface area contributed by atoms with Crippen LogP contribution in [0.2, 0.25) is 0 Å². The van der Waals surface area contributed by atoms with Gasteiger partial charge in [0, 0.05) is 12.5 Å². The Bertz CT molecular complexity index is 454. The van der Waals surface area contributed by atoms with Crippen LogP contribution in [0.3, 0.4) is 0 Å². The molecule has 0 radical (unpaired) electrons. The monoisotopic (exact) mass is 323 g/mol. The average molecular weight is 324 g/mol. The van der Waals surface area contributed by atoms with E-state index >= 15 is 0 Å². The Morgan fingerprint density at radius 3 is 2.21 bits per heavy atom. The van der Waals surface area contributed by atoms with Crippen molar-refractivity contribution in [3.63, 3.8) is 0 Å². The van der Waals surface area contributed by atoms with Crippen molar-refractivity contribution in [2.45, 2.75) is 56.8 Å². The van der Waals surface area contributed by atoms with E-state index < -0.39 is 0 Å². The molecule has 0 N–H and O–H groups in total. The zero-order valence-corrected chi connectivity index (χ0v) is 13.1. The summed E-state index contributed by atoms with van der Waals surface area (Å²) in [5.74, 6) is 6.97. The van der Waals surface area contributed by atoms with E-state index in [-0.39, 0.29) is 0 Å². The van der Waals surface area contributed by atoms with E-state index in [1.54, 1.807) is 0 Å². The molecule has 4 heteroatoms. The second-order valence-electron chi connectivity index (χ2n) is 6.81. The lowest BCUT2D eigenvalue weighted by Gasteiger charge is -2.54. The second-order valence-corrected chi connectivity index (χ2v) is 7.37. The molecule has 19 heavy (non-hydrogen) atoms. The largest absolute Gasteiger partial charge is 0.314 e. The quantitative estimate of drug-likeness (QED) is 0.793. The first kappa shape index (κ1) is 12.4. The van der Waals surface area contributed by atoms with Gasteiger partial charge in [-0.2, -0.15) is 0 Å². The molecule has 0 unspecified atom stereocenters. The van der Waals surface area contributed by atoms with Gasteiger partial charge in [-0.15, -0.1) is 10.2 Å². The Hall–Kier alpha value is -0.380. The number of halogens is 1. The van der Waals surface area contributed by atoms with Gasteiger partial charge in [-0.05, 0) is 62.7 Å². The normalized spacial score (nSPS) is 40.0. The van der Waals surface area contributed by atoms with Crippen LogP contribution in [0.4, 0.5) is 0 Å². The van der Waals surface area contributed by atoms with Crippen LogP contribution in [0.1, 0.15) is 56.6 Å². The molecule has 1 heterocycles. The number of hydrogen-bond acceptors (Lipinski definition) is 2. The van der Waals surface area contributed by atoms with Crippen LogP contribution >= 0.6 is 15.9 Å². The van der Waals surface area contributed by atoms with Gasteiger partial charge in [0.15, 0.2) is 0 Å². The SMILES string of the molecule is CCn1c(CBr)nnc1C1C2CC3CC(C2)CC1C3. The van der Waals surface area contributed by atoms with Gasteiger partial charge in [0.05, 0.1) is 5.33 Å². The number of nitrogens with zero attached hydrogens (tertiary/aromatic N) is 3. The third-order valence-electron chi connectivity index (χ3n) is 5.82. The Balaban J connectivity index is 1.71. The van der Waals surface area contributed by atoms with Crippen molar-refractivity contribution in [1.82, 2.24) is 14.8 Å². The lowest BCUT2D eigenvalue weighted by molar-refractivity contribution is -0.00686. The molecular weight excluding hydrogens is 302 g/mol. The predicted octanol–water partition coefficient (Wildman–Crippen LogP) is 3.73. The van der Waals surface area contributed by atoms with Crippen molar-refractivity contribution in [3.05, 3.63) is 11.6 Å². The third kappa shape index (κ3) is 1.82. The van der Waals surface area contributed by atoms with E-state index in [0.717, 1.165) is 41.4 Å². The zero-order valence-electron chi connectivity index (χ0n) is 11.6. The fourth-order valence-electron chi connectivity index (χ4n) is 5.39. The maximum atomic E-state index is 4.59. The van der Waals surface area contributed by atoms with Gasteiger partial charge >= 0.3 is 0 Å². The first-order valence-corrected chi connectivity index (χ1v) is 8.90. The molecule has 4 aliphatic carbocycles. The van der Waals surface area contributed by atoms with Crippen LogP contribution in [0.15, 0.2) is 0 Å². The summed E-state index contributed by atoms with van der Waals surface area (Å²) < 4.78 is 2.36. The van der Waals surface area contributed by atoms with Crippen LogP contribution < -0.4 is 0 Å². The van der Waals surface area contributed by atoms with E-state index in [1.807, 2.05) is 0 Å². The van der Waals surface area contributed by atoms with Gasteiger partial charge in [0.1, 0.15) is 11.6 Å². The molecule has 0 saturated heterocycles. The van der Waals surface area contributed by atoms with E-state index in [2.05, 4.69) is 37.6 Å². The van der Waals surface area contributed by atoms with Gasteiger partial charge in [0.25, 0.3) is 0 Å². The number of rotatable bonds is 3. The second kappa shape index (κ2) is 4.57. The highest BCUT2D eigenvalue weighted by atomic mass is 79.9. The Kier molecular flexibility index (Phi) is 2.98. The first-order valence-electron chi connectivity index (χ1n) is 7.78. The van der Waals surface area contributed by atoms with Gasteiger partial charge in [-0.3, -0.25) is 0 Å². The smallest absolute Gasteiger partial charge is 0.143 e. The fourth-order valence-corrected chi connectivity index (χ4v) is 5.80. The first-order chi connectivity index (χ1) is 9.30. The molecule has 0 atom stereocenters. The van der Waals surface area contributed by atoms with Crippen LogP contribution in [-0.4, -0.2) is 14.8 Å². The molecule has 4 fully saturated rings. The molecule has 0 aliphatic heterocycles. The summed E-state index contributed by atoms with van der Waals surface area (Å²) in [5, 5.41) is 9.81. The molecule has 0 amide bonds. The van der Waals surface area contributed by atoms with E-state index in [9.17, 15) is 0 Å². The Morgan fingerprint density at radius 2 is 1.68 bits per heavy atom. The van der Waals surface area contributed by atoms with Crippen molar-refractivity contribution in [2.75, 3.05) is 0 Å². The highest BCUT2D eigenvalue weighted by Gasteiger charge is 2.50. The molecule has 0 spiro atoms. The third-order valence-corrected chi connectivity index (χ3v) is 6.32. The summed E-state index contributed by atoms with van der Waals surface area (Å²) >= 11 is 3.54. The van der Waals surface area contributed by atoms with Gasteiger partial charge in [0.2, 0.25) is 0 Å². The molecule has 4 saturated carbocycles. The molecule has 1 aromatic rings. The van der Waals surface area contributed by atoms with Crippen molar-refractivity contribution in [1.29, 1.82) is 0 Å². The molecule has 0 aromatic carbocycles. The minimum absolute atomic E-state index is 0.702. The van der Waals surface area contributed by atoms with Gasteiger partial charge < -0.3 is 4.57 Å². The van der Waals surface area contributed by atoms with Crippen molar-refractivity contribution in [2.24, 2.45) is 23.7 Å². The fraction of sp³-hybridized carbons (Fsp3) is 0.867. The molecular formula is C15H22BrN3. The molecule has 104 valence electrons. The van der Waals surface area contributed by atoms with Crippen LogP contribution in [0.25, 0.3) is 0 Å². The topological polar surface area (TPSA) is 30.7 Å². The minimum Gasteiger partial charge on any atom is -0.314 e. The highest BCUT2D eigenvalue weighted by Crippen LogP contribution is 2.59. The summed E-state index contributed by atoms with van der Waals surface area (Å²) in [6, 6.07) is 0. The maximum absolute atomic E-state index is 4.59. The van der Waals surface area contributed by atoms with Crippen LogP contribution in [-0.2, 0) is 11.9 Å². The Labute approximate surface area is 123 Å². The highest BCUT2D eigenvalue weighted by molar-refractivity contribution is 9.08. The van der Waals surface area contributed by atoms with Crippen molar-refractivity contribution >= 4 is 15.9 Å². The minimum atomic E-state index is 0.702. The lowest BCUT2D eigenvalue weighted by Crippen LogP contribution is -2.44. The maximum Gasteiger partial charge on any atom is 0.143 e. The summed E-state index contributed by atoms with van der Waals surface area (Å²) in [4.78, 5) is 0. The zero-order chi connectivity index (χ0) is 13.0.